The van der Waals surface area contributed by atoms with Crippen molar-refractivity contribution in [2.75, 3.05) is 6.54 Å². The van der Waals surface area contributed by atoms with Crippen molar-refractivity contribution in [1.29, 1.82) is 0 Å². The van der Waals surface area contributed by atoms with E-state index in [0.29, 0.717) is 0 Å². The molecule has 0 aliphatic carbocycles. The van der Waals surface area contributed by atoms with E-state index in [9.17, 15) is 0 Å². The minimum absolute atomic E-state index is 1.00. The first kappa shape index (κ1) is 10.3. The van der Waals surface area contributed by atoms with Crippen LogP contribution < -0.4 is 5.32 Å². The summed E-state index contributed by atoms with van der Waals surface area (Å²) in [6.45, 7) is 7.59. The Morgan fingerprint density at radius 3 is 2.92 bits per heavy atom. The number of nitrogens with zero attached hydrogens (tertiary/aromatic N) is 1. The lowest BCUT2D eigenvalue weighted by Crippen LogP contribution is -2.16. The van der Waals surface area contributed by atoms with Crippen LogP contribution in [0.1, 0.15) is 32.4 Å². The zero-order valence-electron chi connectivity index (χ0n) is 8.71. The molecule has 0 unspecified atom stereocenters. The van der Waals surface area contributed by atoms with Gasteiger partial charge in [-0.3, -0.25) is 0 Å². The summed E-state index contributed by atoms with van der Waals surface area (Å²) in [5, 5.41) is 3.44. The lowest BCUT2D eigenvalue weighted by Gasteiger charge is -2.07. The molecule has 0 atom stereocenters. The molecule has 0 aliphatic heterocycles. The molecule has 2 heteroatoms. The van der Waals surface area contributed by atoms with E-state index in [1.165, 1.54) is 18.5 Å². The van der Waals surface area contributed by atoms with Crippen LogP contribution in [0.15, 0.2) is 18.3 Å². The molecule has 74 valence electrons. The van der Waals surface area contributed by atoms with Crippen LogP contribution in [0, 0.1) is 0 Å². The maximum atomic E-state index is 3.44. The summed E-state index contributed by atoms with van der Waals surface area (Å²) in [7, 11) is 0. The van der Waals surface area contributed by atoms with Crippen molar-refractivity contribution >= 4 is 0 Å². The first-order valence-electron chi connectivity index (χ1n) is 5.23. The lowest BCUT2D eigenvalue weighted by atomic mass is 10.3. The Hall–Kier alpha value is -0.760. The van der Waals surface area contributed by atoms with Crippen LogP contribution in [0.5, 0.6) is 0 Å². The van der Waals surface area contributed by atoms with Crippen molar-refractivity contribution in [2.45, 2.75) is 39.8 Å². The second-order valence-corrected chi connectivity index (χ2v) is 3.32. The number of hydrogen-bond donors (Lipinski definition) is 1. The summed E-state index contributed by atoms with van der Waals surface area (Å²) in [5.74, 6) is 0. The highest BCUT2D eigenvalue weighted by Gasteiger charge is 1.96. The molecule has 0 radical (unpaired) electrons. The van der Waals surface area contributed by atoms with E-state index in [-0.39, 0.29) is 0 Å². The molecule has 0 aliphatic rings. The molecule has 1 N–H and O–H groups in total. The fraction of sp³-hybridized carbons (Fsp3) is 0.636. The molecule has 0 spiro atoms. The SMILES string of the molecule is CCCCNCc1cccn1CC. The zero-order valence-corrected chi connectivity index (χ0v) is 8.71. The molecule has 0 saturated heterocycles. The van der Waals surface area contributed by atoms with Gasteiger partial charge < -0.3 is 9.88 Å². The molecule has 0 aromatic carbocycles. The smallest absolute Gasteiger partial charge is 0.0359 e. The fourth-order valence-corrected chi connectivity index (χ4v) is 1.44. The molecular formula is C11H20N2. The Morgan fingerprint density at radius 2 is 2.23 bits per heavy atom. The third-order valence-corrected chi connectivity index (χ3v) is 2.28. The van der Waals surface area contributed by atoms with Crippen molar-refractivity contribution in [3.63, 3.8) is 0 Å². The Balaban J connectivity index is 2.27. The second kappa shape index (κ2) is 5.81. The molecule has 1 heterocycles. The Morgan fingerprint density at radius 1 is 1.38 bits per heavy atom. The largest absolute Gasteiger partial charge is 0.351 e. The number of nitrogens with one attached hydrogen (secondary N) is 1. The molecular weight excluding hydrogens is 160 g/mol. The molecule has 2 nitrogen and oxygen atoms in total. The summed E-state index contributed by atoms with van der Waals surface area (Å²) in [4.78, 5) is 0. The Labute approximate surface area is 81.0 Å². The summed E-state index contributed by atoms with van der Waals surface area (Å²) in [5.41, 5.74) is 1.39. The highest BCUT2D eigenvalue weighted by Crippen LogP contribution is 2.01. The van der Waals surface area contributed by atoms with Crippen molar-refractivity contribution in [1.82, 2.24) is 9.88 Å². The van der Waals surface area contributed by atoms with Gasteiger partial charge in [0.25, 0.3) is 0 Å². The number of hydrogen-bond acceptors (Lipinski definition) is 1. The Kier molecular flexibility index (Phi) is 4.61. The molecule has 1 aromatic rings. The second-order valence-electron chi connectivity index (χ2n) is 3.32. The van der Waals surface area contributed by atoms with Gasteiger partial charge in [0.1, 0.15) is 0 Å². The van der Waals surface area contributed by atoms with Crippen LogP contribution in [0.3, 0.4) is 0 Å². The van der Waals surface area contributed by atoms with Crippen molar-refractivity contribution in [3.05, 3.63) is 24.0 Å². The average Bonchev–Trinajstić information content (AvgIpc) is 2.60. The van der Waals surface area contributed by atoms with E-state index < -0.39 is 0 Å². The standard InChI is InChI=1S/C11H20N2/c1-3-5-8-12-10-11-7-6-9-13(11)4-2/h6-7,9,12H,3-5,8,10H2,1-2H3. The van der Waals surface area contributed by atoms with Gasteiger partial charge in [0.05, 0.1) is 0 Å². The van der Waals surface area contributed by atoms with E-state index in [0.717, 1.165) is 19.6 Å². The zero-order chi connectivity index (χ0) is 9.52. The van der Waals surface area contributed by atoms with Crippen LogP contribution in [0.2, 0.25) is 0 Å². The van der Waals surface area contributed by atoms with E-state index in [1.54, 1.807) is 0 Å². The number of aromatic nitrogens is 1. The third-order valence-electron chi connectivity index (χ3n) is 2.28. The van der Waals surface area contributed by atoms with Gasteiger partial charge in [-0.1, -0.05) is 13.3 Å². The number of rotatable bonds is 6. The summed E-state index contributed by atoms with van der Waals surface area (Å²) >= 11 is 0. The van der Waals surface area contributed by atoms with Crippen LogP contribution >= 0.6 is 0 Å². The van der Waals surface area contributed by atoms with Crippen LogP contribution in [0.4, 0.5) is 0 Å². The first-order valence-corrected chi connectivity index (χ1v) is 5.23. The molecule has 0 saturated carbocycles. The minimum Gasteiger partial charge on any atom is -0.351 e. The van der Waals surface area contributed by atoms with Crippen molar-refractivity contribution in [2.24, 2.45) is 0 Å². The topological polar surface area (TPSA) is 17.0 Å². The summed E-state index contributed by atoms with van der Waals surface area (Å²) in [6, 6.07) is 4.29. The average molecular weight is 180 g/mol. The van der Waals surface area contributed by atoms with Crippen LogP contribution in [0.25, 0.3) is 0 Å². The lowest BCUT2D eigenvalue weighted by molar-refractivity contribution is 0.604. The van der Waals surface area contributed by atoms with Crippen molar-refractivity contribution < 1.29 is 0 Å². The molecule has 0 fully saturated rings. The summed E-state index contributed by atoms with van der Waals surface area (Å²) in [6.07, 6.45) is 4.67. The van der Waals surface area contributed by atoms with E-state index in [4.69, 9.17) is 0 Å². The first-order chi connectivity index (χ1) is 6.38. The minimum atomic E-state index is 1.00. The van der Waals surface area contributed by atoms with Gasteiger partial charge in [-0.05, 0) is 32.0 Å². The van der Waals surface area contributed by atoms with Crippen LogP contribution in [-0.2, 0) is 13.1 Å². The predicted molar refractivity (Wildman–Crippen MR) is 56.7 cm³/mol. The monoisotopic (exact) mass is 180 g/mol. The molecule has 0 amide bonds. The van der Waals surface area contributed by atoms with Crippen molar-refractivity contribution in [3.8, 4) is 0 Å². The number of unbranched alkanes of at least 4 members (excludes halogenated alkanes) is 1. The highest BCUT2D eigenvalue weighted by molar-refractivity contribution is 5.06. The fourth-order valence-electron chi connectivity index (χ4n) is 1.44. The van der Waals surface area contributed by atoms with Gasteiger partial charge in [-0.15, -0.1) is 0 Å². The van der Waals surface area contributed by atoms with Gasteiger partial charge in [0.15, 0.2) is 0 Å². The van der Waals surface area contributed by atoms with Gasteiger partial charge in [-0.2, -0.15) is 0 Å². The Bertz CT molecular complexity index is 228. The van der Waals surface area contributed by atoms with Gasteiger partial charge in [0.2, 0.25) is 0 Å². The predicted octanol–water partition coefficient (Wildman–Crippen LogP) is 2.40. The molecule has 13 heavy (non-hydrogen) atoms. The van der Waals surface area contributed by atoms with Gasteiger partial charge >= 0.3 is 0 Å². The van der Waals surface area contributed by atoms with E-state index in [2.05, 4.69) is 42.1 Å². The van der Waals surface area contributed by atoms with Crippen LogP contribution in [-0.4, -0.2) is 11.1 Å². The quantitative estimate of drug-likeness (QED) is 0.665. The maximum absolute atomic E-state index is 3.44. The molecule has 1 aromatic heterocycles. The third kappa shape index (κ3) is 3.23. The molecule has 0 bridgehead atoms. The van der Waals surface area contributed by atoms with Gasteiger partial charge in [-0.25, -0.2) is 0 Å². The normalized spacial score (nSPS) is 10.6. The maximum Gasteiger partial charge on any atom is 0.0359 e. The highest BCUT2D eigenvalue weighted by atomic mass is 15.0. The van der Waals surface area contributed by atoms with E-state index in [1.807, 2.05) is 0 Å². The molecule has 1 rings (SSSR count). The van der Waals surface area contributed by atoms with E-state index >= 15 is 0 Å². The van der Waals surface area contributed by atoms with Gasteiger partial charge in [0, 0.05) is 25.0 Å². The number of aryl methyl sites for hydroxylation is 1. The summed E-state index contributed by atoms with van der Waals surface area (Å²) < 4.78 is 2.28.